The second-order valence-corrected chi connectivity index (χ2v) is 7.41. The number of carbonyl (C=O) groups is 2. The van der Waals surface area contributed by atoms with E-state index in [9.17, 15) is 9.59 Å². The zero-order valence-electron chi connectivity index (χ0n) is 15.9. The standard InChI is InChI=1S/C26H16N2O2/c29-25-22-19(16-9-3-1-4-10-16)15-20-18-13-7-8-14-21(18)27-24(20)23(22)26(30)28(25)17-11-5-2-6-12-17/h1-15,27H. The Morgan fingerprint density at radius 2 is 1.27 bits per heavy atom. The first-order valence-electron chi connectivity index (χ1n) is 9.81. The highest BCUT2D eigenvalue weighted by Crippen LogP contribution is 2.41. The molecule has 0 aliphatic carbocycles. The Morgan fingerprint density at radius 1 is 0.633 bits per heavy atom. The second-order valence-electron chi connectivity index (χ2n) is 7.41. The molecule has 0 saturated carbocycles. The summed E-state index contributed by atoms with van der Waals surface area (Å²) < 4.78 is 0. The molecule has 5 aromatic rings. The van der Waals surface area contributed by atoms with E-state index in [-0.39, 0.29) is 11.8 Å². The van der Waals surface area contributed by atoms with Crippen molar-refractivity contribution in [3.8, 4) is 11.1 Å². The summed E-state index contributed by atoms with van der Waals surface area (Å²) in [5.74, 6) is -0.587. The van der Waals surface area contributed by atoms with Gasteiger partial charge in [0.05, 0.1) is 22.3 Å². The fraction of sp³-hybridized carbons (Fsp3) is 0. The maximum absolute atomic E-state index is 13.6. The van der Waals surface area contributed by atoms with Crippen LogP contribution >= 0.6 is 0 Å². The largest absolute Gasteiger partial charge is 0.354 e. The van der Waals surface area contributed by atoms with Crippen molar-refractivity contribution in [2.24, 2.45) is 0 Å². The number of para-hydroxylation sites is 2. The fourth-order valence-electron chi connectivity index (χ4n) is 4.40. The molecular weight excluding hydrogens is 372 g/mol. The number of aromatic nitrogens is 1. The molecule has 142 valence electrons. The molecule has 4 nitrogen and oxygen atoms in total. The lowest BCUT2D eigenvalue weighted by atomic mass is 9.93. The van der Waals surface area contributed by atoms with Crippen molar-refractivity contribution in [3.63, 3.8) is 0 Å². The molecule has 0 bridgehead atoms. The van der Waals surface area contributed by atoms with Gasteiger partial charge in [-0.25, -0.2) is 4.90 Å². The zero-order valence-corrected chi connectivity index (χ0v) is 15.9. The third kappa shape index (κ3) is 2.22. The van der Waals surface area contributed by atoms with Crippen molar-refractivity contribution in [1.29, 1.82) is 0 Å². The zero-order chi connectivity index (χ0) is 20.2. The number of imide groups is 1. The van der Waals surface area contributed by atoms with Crippen LogP contribution in [-0.2, 0) is 0 Å². The first-order chi connectivity index (χ1) is 14.7. The van der Waals surface area contributed by atoms with E-state index in [1.807, 2.05) is 78.9 Å². The van der Waals surface area contributed by atoms with Gasteiger partial charge in [0, 0.05) is 16.3 Å². The number of nitrogens with zero attached hydrogens (tertiary/aromatic N) is 1. The van der Waals surface area contributed by atoms with Crippen LogP contribution in [0.4, 0.5) is 5.69 Å². The van der Waals surface area contributed by atoms with E-state index in [0.29, 0.717) is 22.3 Å². The minimum absolute atomic E-state index is 0.291. The molecule has 0 spiro atoms. The van der Waals surface area contributed by atoms with Gasteiger partial charge in [0.1, 0.15) is 0 Å². The van der Waals surface area contributed by atoms with Crippen LogP contribution in [0.15, 0.2) is 91.0 Å². The molecule has 6 rings (SSSR count). The Labute approximate surface area is 172 Å². The van der Waals surface area contributed by atoms with Gasteiger partial charge in [-0.15, -0.1) is 0 Å². The predicted molar refractivity (Wildman–Crippen MR) is 119 cm³/mol. The lowest BCUT2D eigenvalue weighted by Gasteiger charge is -2.13. The lowest BCUT2D eigenvalue weighted by molar-refractivity contribution is 0.0927. The molecule has 0 atom stereocenters. The third-order valence-corrected chi connectivity index (χ3v) is 5.74. The summed E-state index contributed by atoms with van der Waals surface area (Å²) >= 11 is 0. The molecular formula is C26H16N2O2. The molecule has 4 heteroatoms. The quantitative estimate of drug-likeness (QED) is 0.389. The minimum Gasteiger partial charge on any atom is -0.354 e. The van der Waals surface area contributed by atoms with Crippen molar-refractivity contribution in [2.75, 3.05) is 4.90 Å². The Kier molecular flexibility index (Phi) is 3.44. The summed E-state index contributed by atoms with van der Waals surface area (Å²) in [5, 5.41) is 1.98. The summed E-state index contributed by atoms with van der Waals surface area (Å²) in [6.45, 7) is 0. The van der Waals surface area contributed by atoms with Crippen LogP contribution in [0, 0.1) is 0 Å². The number of H-pyrrole nitrogens is 1. The van der Waals surface area contributed by atoms with Gasteiger partial charge < -0.3 is 4.98 Å². The Morgan fingerprint density at radius 3 is 2.03 bits per heavy atom. The van der Waals surface area contributed by atoms with E-state index in [1.165, 1.54) is 4.90 Å². The number of nitrogens with one attached hydrogen (secondary N) is 1. The highest BCUT2D eigenvalue weighted by Gasteiger charge is 2.41. The van der Waals surface area contributed by atoms with Crippen LogP contribution in [0.5, 0.6) is 0 Å². The number of hydrogen-bond donors (Lipinski definition) is 1. The van der Waals surface area contributed by atoms with Crippen molar-refractivity contribution in [2.45, 2.75) is 0 Å². The fourth-order valence-corrected chi connectivity index (χ4v) is 4.40. The molecule has 0 unspecified atom stereocenters. The molecule has 0 fully saturated rings. The van der Waals surface area contributed by atoms with Gasteiger partial charge in [-0.05, 0) is 35.4 Å². The molecule has 2 amide bonds. The summed E-state index contributed by atoms with van der Waals surface area (Å²) in [6, 6.07) is 28.8. The number of anilines is 1. The van der Waals surface area contributed by atoms with E-state index in [0.717, 1.165) is 27.4 Å². The van der Waals surface area contributed by atoms with E-state index >= 15 is 0 Å². The van der Waals surface area contributed by atoms with E-state index in [4.69, 9.17) is 0 Å². The number of fused-ring (bicyclic) bond motifs is 5. The monoisotopic (exact) mass is 388 g/mol. The molecule has 30 heavy (non-hydrogen) atoms. The van der Waals surface area contributed by atoms with Crippen molar-refractivity contribution in [3.05, 3.63) is 102 Å². The minimum atomic E-state index is -0.296. The lowest BCUT2D eigenvalue weighted by Crippen LogP contribution is -2.29. The van der Waals surface area contributed by atoms with Crippen LogP contribution < -0.4 is 4.90 Å². The molecule has 2 heterocycles. The van der Waals surface area contributed by atoms with Gasteiger partial charge in [0.25, 0.3) is 11.8 Å². The SMILES string of the molecule is O=C1c2c(-c3ccccc3)cc3c([nH]c4ccccc43)c2C(=O)N1c1ccccc1. The normalized spacial score (nSPS) is 13.4. The summed E-state index contributed by atoms with van der Waals surface area (Å²) in [4.78, 5) is 31.8. The Bertz CT molecular complexity index is 1470. The molecule has 1 aliphatic heterocycles. The smallest absolute Gasteiger partial charge is 0.268 e. The maximum Gasteiger partial charge on any atom is 0.268 e. The molecule has 0 saturated heterocycles. The first kappa shape index (κ1) is 16.7. The average molecular weight is 388 g/mol. The van der Waals surface area contributed by atoms with Gasteiger partial charge in [-0.3, -0.25) is 9.59 Å². The van der Waals surface area contributed by atoms with Crippen molar-refractivity contribution >= 4 is 39.3 Å². The van der Waals surface area contributed by atoms with E-state index in [2.05, 4.69) is 4.98 Å². The van der Waals surface area contributed by atoms with Gasteiger partial charge >= 0.3 is 0 Å². The van der Waals surface area contributed by atoms with Crippen LogP contribution in [0.25, 0.3) is 32.9 Å². The van der Waals surface area contributed by atoms with Gasteiger partial charge in [-0.1, -0.05) is 66.7 Å². The highest BCUT2D eigenvalue weighted by atomic mass is 16.2. The first-order valence-corrected chi connectivity index (χ1v) is 9.81. The van der Waals surface area contributed by atoms with E-state index in [1.54, 1.807) is 12.1 Å². The molecule has 1 aromatic heterocycles. The number of aromatic amines is 1. The second kappa shape index (κ2) is 6.16. The number of rotatable bonds is 2. The van der Waals surface area contributed by atoms with Crippen LogP contribution in [0.1, 0.15) is 20.7 Å². The topological polar surface area (TPSA) is 53.2 Å². The Balaban J connectivity index is 1.73. The molecule has 1 aliphatic rings. The van der Waals surface area contributed by atoms with Crippen LogP contribution in [0.2, 0.25) is 0 Å². The Hall–Kier alpha value is -4.18. The van der Waals surface area contributed by atoms with Crippen molar-refractivity contribution in [1.82, 2.24) is 4.98 Å². The summed E-state index contributed by atoms with van der Waals surface area (Å²) in [7, 11) is 0. The summed E-state index contributed by atoms with van der Waals surface area (Å²) in [6.07, 6.45) is 0. The third-order valence-electron chi connectivity index (χ3n) is 5.74. The number of benzene rings is 4. The number of carbonyl (C=O) groups excluding carboxylic acids is 2. The molecule has 0 radical (unpaired) electrons. The van der Waals surface area contributed by atoms with Crippen LogP contribution in [0.3, 0.4) is 0 Å². The van der Waals surface area contributed by atoms with Crippen molar-refractivity contribution < 1.29 is 9.59 Å². The van der Waals surface area contributed by atoms with Crippen LogP contribution in [-0.4, -0.2) is 16.8 Å². The average Bonchev–Trinajstić information content (AvgIpc) is 3.29. The predicted octanol–water partition coefficient (Wildman–Crippen LogP) is 5.79. The maximum atomic E-state index is 13.6. The molecule has 1 N–H and O–H groups in total. The summed E-state index contributed by atoms with van der Waals surface area (Å²) in [5.41, 5.74) is 4.81. The van der Waals surface area contributed by atoms with Gasteiger partial charge in [0.2, 0.25) is 0 Å². The van der Waals surface area contributed by atoms with E-state index < -0.39 is 0 Å². The van der Waals surface area contributed by atoms with Gasteiger partial charge in [0.15, 0.2) is 0 Å². The highest BCUT2D eigenvalue weighted by molar-refractivity contribution is 6.40. The molecule has 4 aromatic carbocycles. The number of amides is 2. The number of hydrogen-bond acceptors (Lipinski definition) is 2. The van der Waals surface area contributed by atoms with Gasteiger partial charge in [-0.2, -0.15) is 0 Å².